The van der Waals surface area contributed by atoms with Crippen LogP contribution in [0.2, 0.25) is 18.1 Å². The Balaban J connectivity index is 1.25. The van der Waals surface area contributed by atoms with Gasteiger partial charge in [-0.2, -0.15) is 0 Å². The second-order valence-corrected chi connectivity index (χ2v) is 23.2. The average molecular weight is 893 g/mol. The van der Waals surface area contributed by atoms with Crippen LogP contribution in [0, 0.1) is 5.41 Å². The van der Waals surface area contributed by atoms with Crippen LogP contribution in [0.1, 0.15) is 82.0 Å². The Labute approximate surface area is 369 Å². The smallest absolute Gasteiger partial charge is 0.338 e. The van der Waals surface area contributed by atoms with Crippen molar-refractivity contribution < 1.29 is 71.3 Å². The second kappa shape index (κ2) is 19.6. The van der Waals surface area contributed by atoms with Gasteiger partial charge in [-0.3, -0.25) is 9.59 Å². The molecule has 3 aromatic carbocycles. The molecule has 63 heavy (non-hydrogen) atoms. The minimum atomic E-state index is -2.69. The summed E-state index contributed by atoms with van der Waals surface area (Å²) in [7, 11) is -2.69. The van der Waals surface area contributed by atoms with Crippen molar-refractivity contribution >= 4 is 26.2 Å². The minimum Gasteiger partial charge on any atom is -0.466 e. The van der Waals surface area contributed by atoms with Crippen LogP contribution in [0.25, 0.3) is 0 Å². The van der Waals surface area contributed by atoms with E-state index in [1.54, 1.807) is 44.2 Å². The molecule has 0 spiro atoms. The van der Waals surface area contributed by atoms with E-state index < -0.39 is 106 Å². The Bertz CT molecular complexity index is 1990. The Hall–Kier alpha value is -4.07. The van der Waals surface area contributed by atoms with Gasteiger partial charge in [-0.1, -0.05) is 99.6 Å². The molecule has 0 amide bonds. The number of carbonyl (C=O) groups is 3. The van der Waals surface area contributed by atoms with Crippen LogP contribution in [0.15, 0.2) is 91.0 Å². The van der Waals surface area contributed by atoms with Crippen molar-refractivity contribution in [1.82, 2.24) is 0 Å². The van der Waals surface area contributed by atoms with Gasteiger partial charge in [0.15, 0.2) is 33.3 Å². The molecule has 15 nitrogen and oxygen atoms in total. The lowest BCUT2D eigenvalue weighted by Crippen LogP contribution is -2.69. The maximum Gasteiger partial charge on any atom is 0.338 e. The molecular formula is C47H60O15Si. The zero-order valence-electron chi connectivity index (χ0n) is 37.1. The van der Waals surface area contributed by atoms with Gasteiger partial charge in [-0.05, 0) is 50.5 Å². The van der Waals surface area contributed by atoms with Crippen molar-refractivity contribution in [2.45, 2.75) is 140 Å². The fourth-order valence-electron chi connectivity index (χ4n) is 7.54. The fraction of sp³-hybridized carbons (Fsp3) is 0.553. The van der Waals surface area contributed by atoms with E-state index in [-0.39, 0.29) is 36.8 Å². The number of esters is 3. The minimum absolute atomic E-state index is 0.0214. The van der Waals surface area contributed by atoms with Crippen LogP contribution in [0.4, 0.5) is 0 Å². The van der Waals surface area contributed by atoms with Crippen LogP contribution in [0.5, 0.6) is 0 Å². The molecule has 0 unspecified atom stereocenters. The molecule has 0 radical (unpaired) electrons. The highest BCUT2D eigenvalue weighted by Gasteiger charge is 2.59. The Morgan fingerprint density at radius 3 is 1.71 bits per heavy atom. The lowest BCUT2D eigenvalue weighted by Gasteiger charge is -2.53. The first-order valence-corrected chi connectivity index (χ1v) is 24.4. The number of aliphatic hydroxyl groups excluding tert-OH is 1. The van der Waals surface area contributed by atoms with Gasteiger partial charge < -0.3 is 56.9 Å². The van der Waals surface area contributed by atoms with Crippen molar-refractivity contribution in [1.29, 1.82) is 0 Å². The van der Waals surface area contributed by atoms with Crippen LogP contribution in [-0.2, 0) is 61.4 Å². The van der Waals surface area contributed by atoms with Crippen molar-refractivity contribution in [3.05, 3.63) is 108 Å². The molecule has 4 aliphatic heterocycles. The third-order valence-corrected chi connectivity index (χ3v) is 16.8. The zero-order valence-corrected chi connectivity index (χ0v) is 38.1. The summed E-state index contributed by atoms with van der Waals surface area (Å²) in [5, 5.41) is 12.0. The predicted molar refractivity (Wildman–Crippen MR) is 227 cm³/mol. The quantitative estimate of drug-likeness (QED) is 0.111. The Morgan fingerprint density at radius 2 is 1.19 bits per heavy atom. The fourth-order valence-corrected chi connectivity index (χ4v) is 8.85. The molecule has 7 rings (SSSR count). The first kappa shape index (κ1) is 46.9. The van der Waals surface area contributed by atoms with Crippen LogP contribution in [-0.4, -0.2) is 113 Å². The highest BCUT2D eigenvalue weighted by Crippen LogP contribution is 2.44. The van der Waals surface area contributed by atoms with Crippen molar-refractivity contribution in [2.24, 2.45) is 5.41 Å². The first-order chi connectivity index (χ1) is 29.9. The van der Waals surface area contributed by atoms with Gasteiger partial charge in [-0.25, -0.2) is 4.79 Å². The van der Waals surface area contributed by atoms with E-state index in [1.807, 2.05) is 60.7 Å². The van der Waals surface area contributed by atoms with Gasteiger partial charge in [0.2, 0.25) is 6.29 Å². The van der Waals surface area contributed by atoms with E-state index in [4.69, 9.17) is 51.8 Å². The van der Waals surface area contributed by atoms with Gasteiger partial charge in [-0.15, -0.1) is 0 Å². The highest BCUT2D eigenvalue weighted by atomic mass is 28.4. The van der Waals surface area contributed by atoms with Gasteiger partial charge >= 0.3 is 17.9 Å². The first-order valence-electron chi connectivity index (χ1n) is 21.5. The number of benzene rings is 3. The summed E-state index contributed by atoms with van der Waals surface area (Å²) >= 11 is 0. The molecule has 0 bridgehead atoms. The molecule has 12 atom stereocenters. The summed E-state index contributed by atoms with van der Waals surface area (Å²) in [6.07, 6.45) is -13.2. The molecular weight excluding hydrogens is 833 g/mol. The summed E-state index contributed by atoms with van der Waals surface area (Å²) in [4.78, 5) is 39.3. The van der Waals surface area contributed by atoms with Crippen molar-refractivity contribution in [3.8, 4) is 0 Å². The van der Waals surface area contributed by atoms with Crippen LogP contribution in [0.3, 0.4) is 0 Å². The number of aliphatic hydroxyl groups is 1. The average Bonchev–Trinajstić information content (AvgIpc) is 3.26. The molecule has 4 fully saturated rings. The molecule has 16 heteroatoms. The zero-order chi connectivity index (χ0) is 45.1. The summed E-state index contributed by atoms with van der Waals surface area (Å²) in [6, 6.07) is 27.3. The number of rotatable bonds is 13. The summed E-state index contributed by atoms with van der Waals surface area (Å²) in [5.74, 6) is -1.86. The standard InChI is InChI=1S/C47H60O15Si/c1-28(48)52-25-24-47(5,6)45(51)61-43-34(49)37(35-32(55-43)26-53-41(58-35)30-20-14-10-15-21-30)60-44-39(57-40(50)29-18-12-9-13-19-29)38(62-63(7,8)46(2,3)4)36-33(56-44)27-54-42(59-36)31-22-16-11-17-23-31/h9-23,32-39,41-44,49H,24-27H2,1-8H3/t32-,33-,34-,35-,36-,37-,38+,39-,41-,42-,43-,44+/m1/s1. The molecule has 0 saturated carbocycles. The summed E-state index contributed by atoms with van der Waals surface area (Å²) in [6.45, 7) is 15.1. The molecule has 4 saturated heterocycles. The monoisotopic (exact) mass is 892 g/mol. The molecule has 4 aliphatic rings. The van der Waals surface area contributed by atoms with Gasteiger partial charge in [0, 0.05) is 18.1 Å². The maximum absolute atomic E-state index is 14.1. The van der Waals surface area contributed by atoms with E-state index in [0.29, 0.717) is 5.56 Å². The third-order valence-electron chi connectivity index (χ3n) is 12.3. The molecule has 342 valence electrons. The topological polar surface area (TPSA) is 173 Å². The van der Waals surface area contributed by atoms with Gasteiger partial charge in [0.05, 0.1) is 30.8 Å². The Kier molecular flexibility index (Phi) is 14.6. The SMILES string of the molecule is CC(=O)OCCC(C)(C)C(=O)O[C@H]1O[C@@H]2CO[C@@H](c3ccccc3)O[C@H]2[C@H](O[C@@H]2O[C@@H]3CO[C@@H](c4ccccc4)O[C@H]3[C@H](O[Si](C)(C)C(C)(C)C)[C@H]2OC(=O)c2ccccc2)[C@H]1O. The Morgan fingerprint density at radius 1 is 0.683 bits per heavy atom. The van der Waals surface area contributed by atoms with E-state index in [1.165, 1.54) is 6.92 Å². The van der Waals surface area contributed by atoms with Crippen molar-refractivity contribution in [2.75, 3.05) is 19.8 Å². The summed E-state index contributed by atoms with van der Waals surface area (Å²) in [5.41, 5.74) is 0.641. The molecule has 0 aromatic heterocycles. The van der Waals surface area contributed by atoms with Gasteiger partial charge in [0.25, 0.3) is 0 Å². The van der Waals surface area contributed by atoms with Crippen LogP contribution < -0.4 is 0 Å². The number of hydrogen-bond donors (Lipinski definition) is 1. The normalized spacial score (nSPS) is 31.2. The van der Waals surface area contributed by atoms with Gasteiger partial charge in [0.1, 0.15) is 42.7 Å². The molecule has 3 aromatic rings. The summed E-state index contributed by atoms with van der Waals surface area (Å²) < 4.78 is 70.1. The predicted octanol–water partition coefficient (Wildman–Crippen LogP) is 6.55. The highest BCUT2D eigenvalue weighted by molar-refractivity contribution is 6.74. The number of ether oxygens (including phenoxy) is 10. The van der Waals surface area contributed by atoms with Crippen LogP contribution >= 0.6 is 0 Å². The largest absolute Gasteiger partial charge is 0.466 e. The number of hydrogen-bond acceptors (Lipinski definition) is 15. The molecule has 0 aliphatic carbocycles. The second-order valence-electron chi connectivity index (χ2n) is 18.5. The maximum atomic E-state index is 14.1. The number of carbonyl (C=O) groups excluding carboxylic acids is 3. The molecule has 1 N–H and O–H groups in total. The van der Waals surface area contributed by atoms with E-state index in [2.05, 4.69) is 33.9 Å². The lowest BCUT2D eigenvalue weighted by atomic mass is 9.90. The van der Waals surface area contributed by atoms with E-state index in [0.717, 1.165) is 5.56 Å². The lowest BCUT2D eigenvalue weighted by molar-refractivity contribution is -0.400. The van der Waals surface area contributed by atoms with E-state index in [9.17, 15) is 19.5 Å². The van der Waals surface area contributed by atoms with E-state index >= 15 is 0 Å². The number of fused-ring (bicyclic) bond motifs is 2. The third kappa shape index (κ3) is 10.9. The molecule has 4 heterocycles. The van der Waals surface area contributed by atoms with Crippen molar-refractivity contribution in [3.63, 3.8) is 0 Å².